The molecule has 1 spiro atoms. The second-order valence-corrected chi connectivity index (χ2v) is 5.01. The lowest BCUT2D eigenvalue weighted by atomic mass is 9.85. The third-order valence-electron chi connectivity index (χ3n) is 4.55. The zero-order chi connectivity index (χ0) is 7.64. The molecule has 3 fully saturated rings. The number of nitrogens with zero attached hydrogens (tertiary/aromatic N) is 1. The van der Waals surface area contributed by atoms with Crippen molar-refractivity contribution < 1.29 is 0 Å². The van der Waals surface area contributed by atoms with E-state index < -0.39 is 0 Å². The normalized spacial score (nSPS) is 66.0. The molecule has 3 rings (SSSR count). The van der Waals surface area contributed by atoms with E-state index in [0.717, 1.165) is 23.4 Å². The highest BCUT2D eigenvalue weighted by Gasteiger charge is 2.61. The lowest BCUT2D eigenvalue weighted by Crippen LogP contribution is -2.15. The maximum atomic E-state index is 2.57. The molecule has 1 aliphatic heterocycles. The molecule has 5 atom stereocenters. The highest BCUT2D eigenvalue weighted by atomic mass is 15.3. The van der Waals surface area contributed by atoms with Crippen LogP contribution in [0.2, 0.25) is 0 Å². The molecule has 2 aliphatic carbocycles. The summed E-state index contributed by atoms with van der Waals surface area (Å²) in [5, 5.41) is 0. The average molecular weight is 151 g/mol. The summed E-state index contributed by atoms with van der Waals surface area (Å²) in [6.07, 6.45) is 6.07. The van der Waals surface area contributed by atoms with E-state index in [1.165, 1.54) is 25.7 Å². The number of likely N-dealkylation sites (N-methyl/N-ethyl adjacent to an activating group) is 1. The smallest absolute Gasteiger partial charge is 0.0257 e. The van der Waals surface area contributed by atoms with Crippen molar-refractivity contribution in [2.24, 2.45) is 11.3 Å². The van der Waals surface area contributed by atoms with Crippen LogP contribution < -0.4 is 0 Å². The Balaban J connectivity index is 1.75. The first-order valence-electron chi connectivity index (χ1n) is 4.95. The number of likely N-dealkylation sites (tertiary alicyclic amines) is 1. The monoisotopic (exact) mass is 151 g/mol. The van der Waals surface area contributed by atoms with Crippen LogP contribution in [0, 0.1) is 11.3 Å². The van der Waals surface area contributed by atoms with Crippen molar-refractivity contribution in [3.63, 3.8) is 0 Å². The molecule has 1 heteroatoms. The molecule has 0 N–H and O–H groups in total. The van der Waals surface area contributed by atoms with Crippen molar-refractivity contribution in [1.82, 2.24) is 4.90 Å². The lowest BCUT2D eigenvalue weighted by Gasteiger charge is -2.19. The SMILES string of the molecule is C[C@H]1CC12CC[C@H]1C(C2)N1C. The fourth-order valence-electron chi connectivity index (χ4n) is 3.29. The van der Waals surface area contributed by atoms with Gasteiger partial charge in [0.2, 0.25) is 0 Å². The minimum absolute atomic E-state index is 0.839. The van der Waals surface area contributed by atoms with Crippen LogP contribution >= 0.6 is 0 Å². The predicted molar refractivity (Wildman–Crippen MR) is 45.4 cm³/mol. The first-order valence-corrected chi connectivity index (χ1v) is 4.95. The quantitative estimate of drug-likeness (QED) is 0.478. The predicted octanol–water partition coefficient (Wildman–Crippen LogP) is 1.88. The summed E-state index contributed by atoms with van der Waals surface area (Å²) in [6.45, 7) is 2.43. The molecule has 0 aromatic carbocycles. The van der Waals surface area contributed by atoms with E-state index >= 15 is 0 Å². The Morgan fingerprint density at radius 3 is 2.55 bits per heavy atom. The average Bonchev–Trinajstić information content (AvgIpc) is 2.79. The van der Waals surface area contributed by atoms with Crippen LogP contribution in [0.1, 0.15) is 32.6 Å². The highest BCUT2D eigenvalue weighted by molar-refractivity contribution is 5.14. The Morgan fingerprint density at radius 2 is 2.00 bits per heavy atom. The molecule has 0 aromatic heterocycles. The first kappa shape index (κ1) is 6.47. The Labute approximate surface area is 68.8 Å². The van der Waals surface area contributed by atoms with E-state index in [1.54, 1.807) is 0 Å². The molecule has 0 aromatic rings. The van der Waals surface area contributed by atoms with Crippen LogP contribution in [0.25, 0.3) is 0 Å². The van der Waals surface area contributed by atoms with Gasteiger partial charge in [0, 0.05) is 12.1 Å². The van der Waals surface area contributed by atoms with Gasteiger partial charge < -0.3 is 0 Å². The summed E-state index contributed by atoms with van der Waals surface area (Å²) in [5.41, 5.74) is 0.839. The first-order chi connectivity index (χ1) is 5.23. The third-order valence-corrected chi connectivity index (χ3v) is 4.55. The van der Waals surface area contributed by atoms with Crippen molar-refractivity contribution in [2.45, 2.75) is 44.7 Å². The molecule has 0 bridgehead atoms. The number of fused-ring (bicyclic) bond motifs is 1. The van der Waals surface area contributed by atoms with Gasteiger partial charge in [-0.1, -0.05) is 6.92 Å². The topological polar surface area (TPSA) is 3.01 Å². The Morgan fingerprint density at radius 1 is 1.27 bits per heavy atom. The van der Waals surface area contributed by atoms with Gasteiger partial charge in [0.15, 0.2) is 0 Å². The van der Waals surface area contributed by atoms with Crippen LogP contribution in [-0.2, 0) is 0 Å². The van der Waals surface area contributed by atoms with Gasteiger partial charge in [0.05, 0.1) is 0 Å². The fourth-order valence-corrected chi connectivity index (χ4v) is 3.29. The summed E-state index contributed by atoms with van der Waals surface area (Å²) in [4.78, 5) is 2.57. The van der Waals surface area contributed by atoms with Gasteiger partial charge in [-0.05, 0) is 44.1 Å². The zero-order valence-corrected chi connectivity index (χ0v) is 7.51. The number of hydrogen-bond donors (Lipinski definition) is 0. The van der Waals surface area contributed by atoms with E-state index in [4.69, 9.17) is 0 Å². The van der Waals surface area contributed by atoms with Gasteiger partial charge in [-0.25, -0.2) is 0 Å². The second-order valence-electron chi connectivity index (χ2n) is 5.01. The molecule has 62 valence electrons. The van der Waals surface area contributed by atoms with Crippen molar-refractivity contribution in [1.29, 1.82) is 0 Å². The van der Waals surface area contributed by atoms with Crippen LogP contribution in [0.4, 0.5) is 0 Å². The van der Waals surface area contributed by atoms with Crippen molar-refractivity contribution in [3.05, 3.63) is 0 Å². The minimum atomic E-state index is 0.839. The molecule has 1 saturated heterocycles. The summed E-state index contributed by atoms with van der Waals surface area (Å²) in [7, 11) is 2.29. The summed E-state index contributed by atoms with van der Waals surface area (Å²) >= 11 is 0. The standard InChI is InChI=1S/C10H17N/c1-7-5-10(7)4-3-8-9(6-10)11(8)2/h7-9H,3-6H2,1-2H3/t7-,8-,9?,10?,11?/m0/s1. The molecule has 11 heavy (non-hydrogen) atoms. The Hall–Kier alpha value is -0.0400. The lowest BCUT2D eigenvalue weighted by molar-refractivity contribution is 0.346. The van der Waals surface area contributed by atoms with Crippen LogP contribution in [0.15, 0.2) is 0 Å². The third kappa shape index (κ3) is 0.703. The number of rotatable bonds is 0. The van der Waals surface area contributed by atoms with Crippen LogP contribution in [0.5, 0.6) is 0 Å². The molecule has 3 aliphatic rings. The molecule has 2 saturated carbocycles. The molecule has 0 radical (unpaired) electrons. The maximum absolute atomic E-state index is 2.57. The Kier molecular flexibility index (Phi) is 0.976. The van der Waals surface area contributed by atoms with Gasteiger partial charge in [0.25, 0.3) is 0 Å². The van der Waals surface area contributed by atoms with E-state index in [1.807, 2.05) is 0 Å². The summed E-state index contributed by atoms with van der Waals surface area (Å²) in [6, 6.07) is 1.99. The fraction of sp³-hybridized carbons (Fsp3) is 1.00. The molecular weight excluding hydrogens is 134 g/mol. The van der Waals surface area contributed by atoms with Gasteiger partial charge in [-0.3, -0.25) is 4.90 Å². The van der Waals surface area contributed by atoms with Crippen molar-refractivity contribution in [2.75, 3.05) is 7.05 Å². The van der Waals surface area contributed by atoms with Gasteiger partial charge in [-0.15, -0.1) is 0 Å². The molecular formula is C10H17N. The molecule has 3 unspecified atom stereocenters. The van der Waals surface area contributed by atoms with Crippen molar-refractivity contribution >= 4 is 0 Å². The van der Waals surface area contributed by atoms with Crippen LogP contribution in [0.3, 0.4) is 0 Å². The molecule has 1 heterocycles. The van der Waals surface area contributed by atoms with Gasteiger partial charge >= 0.3 is 0 Å². The van der Waals surface area contributed by atoms with E-state index in [0.29, 0.717) is 0 Å². The van der Waals surface area contributed by atoms with Gasteiger partial charge in [0.1, 0.15) is 0 Å². The summed E-state index contributed by atoms with van der Waals surface area (Å²) < 4.78 is 0. The van der Waals surface area contributed by atoms with Crippen molar-refractivity contribution in [3.8, 4) is 0 Å². The maximum Gasteiger partial charge on any atom is 0.0257 e. The summed E-state index contributed by atoms with van der Waals surface area (Å²) in [5.74, 6) is 1.05. The number of hydrogen-bond acceptors (Lipinski definition) is 1. The Bertz CT molecular complexity index is 201. The second kappa shape index (κ2) is 1.66. The van der Waals surface area contributed by atoms with Gasteiger partial charge in [-0.2, -0.15) is 0 Å². The molecule has 1 nitrogen and oxygen atoms in total. The minimum Gasteiger partial charge on any atom is -0.297 e. The van der Waals surface area contributed by atoms with Crippen LogP contribution in [-0.4, -0.2) is 24.0 Å². The zero-order valence-electron chi connectivity index (χ0n) is 7.51. The van der Waals surface area contributed by atoms with E-state index in [2.05, 4.69) is 18.9 Å². The highest BCUT2D eigenvalue weighted by Crippen LogP contribution is 2.64. The largest absolute Gasteiger partial charge is 0.297 e. The molecule has 0 amide bonds. The van der Waals surface area contributed by atoms with E-state index in [9.17, 15) is 0 Å². The van der Waals surface area contributed by atoms with E-state index in [-0.39, 0.29) is 0 Å².